The first-order valence-electron chi connectivity index (χ1n) is 11.6. The molecule has 0 aromatic heterocycles. The summed E-state index contributed by atoms with van der Waals surface area (Å²) in [6.07, 6.45) is 5.19. The van der Waals surface area contributed by atoms with Gasteiger partial charge in [-0.3, -0.25) is 4.90 Å². The van der Waals surface area contributed by atoms with E-state index in [-0.39, 0.29) is 24.1 Å². The summed E-state index contributed by atoms with van der Waals surface area (Å²) in [4.78, 5) is 15.0. The average Bonchev–Trinajstić information content (AvgIpc) is 3.11. The highest BCUT2D eigenvalue weighted by atomic mass is 16.6. The van der Waals surface area contributed by atoms with Gasteiger partial charge in [0.15, 0.2) is 0 Å². The number of hydrogen-bond donors (Lipinski definition) is 1. The fraction of sp³-hybridized carbons (Fsp3) is 0.444. The minimum absolute atomic E-state index is 0.0445. The second kappa shape index (κ2) is 8.72. The van der Waals surface area contributed by atoms with Gasteiger partial charge in [-0.2, -0.15) is 0 Å². The predicted octanol–water partition coefficient (Wildman–Crippen LogP) is 4.89. The van der Waals surface area contributed by atoms with Crippen molar-refractivity contribution in [2.45, 2.75) is 55.7 Å². The number of aliphatic hydroxyl groups is 1. The number of nitrogens with zero attached hydrogens (tertiary/aromatic N) is 1. The van der Waals surface area contributed by atoms with Crippen LogP contribution >= 0.6 is 0 Å². The zero-order valence-electron chi connectivity index (χ0n) is 18.4. The zero-order chi connectivity index (χ0) is 22.1. The van der Waals surface area contributed by atoms with Crippen molar-refractivity contribution in [3.63, 3.8) is 0 Å². The topological polar surface area (TPSA) is 59.0 Å². The van der Waals surface area contributed by atoms with Crippen molar-refractivity contribution in [2.75, 3.05) is 19.8 Å². The Morgan fingerprint density at radius 1 is 1.09 bits per heavy atom. The Hall–Kier alpha value is -2.63. The maximum Gasteiger partial charge on any atom is 0.410 e. The van der Waals surface area contributed by atoms with Crippen LogP contribution in [0.25, 0.3) is 11.1 Å². The van der Waals surface area contributed by atoms with E-state index in [0.717, 1.165) is 19.3 Å². The van der Waals surface area contributed by atoms with Crippen LogP contribution in [-0.4, -0.2) is 53.6 Å². The molecule has 2 saturated heterocycles. The smallest absolute Gasteiger partial charge is 0.410 e. The molecule has 2 heterocycles. The van der Waals surface area contributed by atoms with Gasteiger partial charge >= 0.3 is 6.09 Å². The van der Waals surface area contributed by atoms with Gasteiger partial charge in [0.05, 0.1) is 30.9 Å². The van der Waals surface area contributed by atoms with Crippen LogP contribution in [0.15, 0.2) is 61.2 Å². The molecule has 2 fully saturated rings. The highest BCUT2D eigenvalue weighted by Gasteiger charge is 2.48. The Morgan fingerprint density at radius 2 is 1.69 bits per heavy atom. The van der Waals surface area contributed by atoms with Gasteiger partial charge in [-0.1, -0.05) is 54.6 Å². The van der Waals surface area contributed by atoms with Crippen LogP contribution in [0.4, 0.5) is 4.79 Å². The highest BCUT2D eigenvalue weighted by molar-refractivity contribution is 5.79. The molecule has 5 heteroatoms. The quantitative estimate of drug-likeness (QED) is 0.521. The largest absolute Gasteiger partial charge is 0.448 e. The van der Waals surface area contributed by atoms with Crippen molar-refractivity contribution in [1.29, 1.82) is 0 Å². The molecule has 2 unspecified atom stereocenters. The fourth-order valence-corrected chi connectivity index (χ4v) is 5.82. The van der Waals surface area contributed by atoms with Crippen molar-refractivity contribution >= 4 is 6.09 Å². The molecule has 2 atom stereocenters. The van der Waals surface area contributed by atoms with Crippen LogP contribution in [0.5, 0.6) is 0 Å². The number of fused-ring (bicyclic) bond motifs is 5. The minimum atomic E-state index is -0.748. The van der Waals surface area contributed by atoms with E-state index in [4.69, 9.17) is 9.47 Å². The van der Waals surface area contributed by atoms with Crippen molar-refractivity contribution in [2.24, 2.45) is 0 Å². The summed E-state index contributed by atoms with van der Waals surface area (Å²) in [5.74, 6) is 0.0445. The van der Waals surface area contributed by atoms with Crippen LogP contribution < -0.4 is 0 Å². The number of amides is 1. The normalized spacial score (nSPS) is 26.3. The van der Waals surface area contributed by atoms with Crippen molar-refractivity contribution in [3.8, 4) is 11.1 Å². The Morgan fingerprint density at radius 3 is 2.28 bits per heavy atom. The lowest BCUT2D eigenvalue weighted by atomic mass is 9.78. The fourth-order valence-electron chi connectivity index (χ4n) is 5.82. The highest BCUT2D eigenvalue weighted by Crippen LogP contribution is 2.45. The molecular formula is C27H31NO4. The first-order chi connectivity index (χ1) is 15.6. The van der Waals surface area contributed by atoms with Gasteiger partial charge in [0, 0.05) is 5.92 Å². The third kappa shape index (κ3) is 3.84. The SMILES string of the molecule is C=CCCCC1(O)CC2COCC(C1)N2C(=O)OCC1c2ccccc2-c2ccccc21. The molecule has 32 heavy (non-hydrogen) atoms. The molecule has 1 N–H and O–H groups in total. The van der Waals surface area contributed by atoms with Gasteiger partial charge in [-0.15, -0.1) is 6.58 Å². The monoisotopic (exact) mass is 433 g/mol. The molecule has 0 radical (unpaired) electrons. The average molecular weight is 434 g/mol. The Balaban J connectivity index is 1.28. The number of rotatable bonds is 6. The molecule has 5 rings (SSSR count). The van der Waals surface area contributed by atoms with Gasteiger partial charge in [0.1, 0.15) is 6.61 Å². The maximum absolute atomic E-state index is 13.2. The number of unbranched alkanes of at least 4 members (excludes halogenated alkanes) is 1. The molecule has 0 spiro atoms. The summed E-state index contributed by atoms with van der Waals surface area (Å²) in [5, 5.41) is 11.2. The molecule has 0 saturated carbocycles. The van der Waals surface area contributed by atoms with Gasteiger partial charge in [0.25, 0.3) is 0 Å². The van der Waals surface area contributed by atoms with Gasteiger partial charge in [0.2, 0.25) is 0 Å². The van der Waals surface area contributed by atoms with E-state index in [1.165, 1.54) is 22.3 Å². The summed E-state index contributed by atoms with van der Waals surface area (Å²) in [5.41, 5.74) is 4.11. The second-order valence-electron chi connectivity index (χ2n) is 9.37. The summed E-state index contributed by atoms with van der Waals surface area (Å²) in [6.45, 7) is 4.98. The Bertz CT molecular complexity index is 943. The molecule has 2 aliphatic heterocycles. The number of allylic oxidation sites excluding steroid dienone is 1. The van der Waals surface area contributed by atoms with E-state index in [0.29, 0.717) is 32.7 Å². The lowest BCUT2D eigenvalue weighted by Gasteiger charge is -2.51. The number of morpholine rings is 1. The Labute approximate surface area is 189 Å². The van der Waals surface area contributed by atoms with E-state index in [2.05, 4.69) is 43.0 Å². The van der Waals surface area contributed by atoms with Crippen molar-refractivity contribution in [3.05, 3.63) is 72.3 Å². The van der Waals surface area contributed by atoms with E-state index >= 15 is 0 Å². The summed E-state index contributed by atoms with van der Waals surface area (Å²) in [6, 6.07) is 16.4. The molecule has 1 aliphatic carbocycles. The summed E-state index contributed by atoms with van der Waals surface area (Å²) < 4.78 is 11.6. The predicted molar refractivity (Wildman–Crippen MR) is 124 cm³/mol. The molecule has 3 aliphatic rings. The number of ether oxygens (including phenoxy) is 2. The number of carbonyl (C=O) groups is 1. The molecule has 168 valence electrons. The third-order valence-electron chi connectivity index (χ3n) is 7.24. The third-order valence-corrected chi connectivity index (χ3v) is 7.24. The zero-order valence-corrected chi connectivity index (χ0v) is 18.4. The standard InChI is InChI=1S/C27H31NO4/c1-2-3-8-13-27(30)14-19-16-31-17-20(15-27)28(19)26(29)32-18-25-23-11-6-4-9-21(23)22-10-5-7-12-24(22)25/h2,4-7,9-12,19-20,25,30H,1,3,8,13-18H2. The summed E-state index contributed by atoms with van der Waals surface area (Å²) in [7, 11) is 0. The molecular weight excluding hydrogens is 402 g/mol. The van der Waals surface area contributed by atoms with E-state index in [1.54, 1.807) is 0 Å². The van der Waals surface area contributed by atoms with Crippen LogP contribution in [-0.2, 0) is 9.47 Å². The van der Waals surface area contributed by atoms with Crippen LogP contribution in [0.3, 0.4) is 0 Å². The lowest BCUT2D eigenvalue weighted by Crippen LogP contribution is -2.63. The van der Waals surface area contributed by atoms with E-state index < -0.39 is 5.60 Å². The van der Waals surface area contributed by atoms with Crippen LogP contribution in [0.1, 0.15) is 49.1 Å². The molecule has 2 bridgehead atoms. The number of carbonyl (C=O) groups excluding carboxylic acids is 1. The van der Waals surface area contributed by atoms with Gasteiger partial charge < -0.3 is 14.6 Å². The number of hydrogen-bond acceptors (Lipinski definition) is 4. The number of piperidine rings is 1. The first kappa shape index (κ1) is 21.2. The first-order valence-corrected chi connectivity index (χ1v) is 11.6. The molecule has 2 aromatic rings. The number of benzene rings is 2. The second-order valence-corrected chi connectivity index (χ2v) is 9.37. The molecule has 2 aromatic carbocycles. The maximum atomic E-state index is 13.2. The summed E-state index contributed by atoms with van der Waals surface area (Å²) >= 11 is 0. The Kier molecular flexibility index (Phi) is 5.78. The molecule has 1 amide bonds. The lowest BCUT2D eigenvalue weighted by molar-refractivity contribution is -0.135. The van der Waals surface area contributed by atoms with Gasteiger partial charge in [-0.25, -0.2) is 4.79 Å². The van der Waals surface area contributed by atoms with E-state index in [9.17, 15) is 9.90 Å². The molecule has 5 nitrogen and oxygen atoms in total. The van der Waals surface area contributed by atoms with Crippen molar-refractivity contribution in [1.82, 2.24) is 4.90 Å². The van der Waals surface area contributed by atoms with E-state index in [1.807, 2.05) is 23.1 Å². The minimum Gasteiger partial charge on any atom is -0.448 e. The van der Waals surface area contributed by atoms with Crippen molar-refractivity contribution < 1.29 is 19.4 Å². The van der Waals surface area contributed by atoms with Crippen LogP contribution in [0.2, 0.25) is 0 Å². The van der Waals surface area contributed by atoms with Crippen LogP contribution in [0, 0.1) is 0 Å². The van der Waals surface area contributed by atoms with Gasteiger partial charge in [-0.05, 0) is 54.4 Å².